The molecule has 1 atom stereocenters. The molecule has 28 heavy (non-hydrogen) atoms. The highest BCUT2D eigenvalue weighted by molar-refractivity contribution is 5.86. The summed E-state index contributed by atoms with van der Waals surface area (Å²) in [5.74, 6) is -0.227. The molecule has 1 aromatic carbocycles. The smallest absolute Gasteiger partial charge is 0.352 e. The van der Waals surface area contributed by atoms with Crippen molar-refractivity contribution < 1.29 is 18.0 Å². The van der Waals surface area contributed by atoms with Crippen LogP contribution in [0.15, 0.2) is 35.3 Å². The third-order valence-electron chi connectivity index (χ3n) is 4.57. The molecule has 2 rings (SSSR count). The SMILES string of the molecule is CN=C(NCC(=O)N(C)CC(F)(F)F)NC1CCCN(Cc2ccccc2)C1. The monoisotopic (exact) mass is 399 g/mol. The number of piperidine rings is 1. The van der Waals surface area contributed by atoms with E-state index in [0.717, 1.165) is 39.5 Å². The number of carbonyl (C=O) groups excluding carboxylic acids is 1. The molecule has 1 amide bonds. The summed E-state index contributed by atoms with van der Waals surface area (Å²) in [6.45, 7) is 1.20. The minimum atomic E-state index is -4.41. The molecule has 0 bridgehead atoms. The van der Waals surface area contributed by atoms with E-state index in [-0.39, 0.29) is 12.6 Å². The molecule has 1 unspecified atom stereocenters. The Hall–Kier alpha value is -2.29. The standard InChI is InChI=1S/C19H28F3N5O/c1-23-18(24-11-17(28)26(2)14-19(20,21)22)25-16-9-6-10-27(13-16)12-15-7-4-3-5-8-15/h3-5,7-8,16H,6,9-14H2,1-2H3,(H2,23,24,25). The van der Waals surface area contributed by atoms with Crippen LogP contribution in [0.3, 0.4) is 0 Å². The molecular weight excluding hydrogens is 371 g/mol. The predicted molar refractivity (Wildman–Crippen MR) is 103 cm³/mol. The topological polar surface area (TPSA) is 60.0 Å². The molecule has 156 valence electrons. The van der Waals surface area contributed by atoms with Gasteiger partial charge in [-0.2, -0.15) is 13.2 Å². The Morgan fingerprint density at radius 3 is 2.68 bits per heavy atom. The van der Waals surface area contributed by atoms with Crippen LogP contribution in [0.4, 0.5) is 13.2 Å². The van der Waals surface area contributed by atoms with E-state index in [4.69, 9.17) is 0 Å². The second-order valence-corrected chi connectivity index (χ2v) is 6.99. The maximum atomic E-state index is 12.4. The van der Waals surface area contributed by atoms with Crippen LogP contribution in [0.2, 0.25) is 0 Å². The molecule has 1 aliphatic rings. The molecular formula is C19H28F3N5O. The van der Waals surface area contributed by atoms with Crippen molar-refractivity contribution in [1.82, 2.24) is 20.4 Å². The quantitative estimate of drug-likeness (QED) is 0.566. The number of hydrogen-bond acceptors (Lipinski definition) is 3. The van der Waals surface area contributed by atoms with Crippen molar-refractivity contribution >= 4 is 11.9 Å². The summed E-state index contributed by atoms with van der Waals surface area (Å²) < 4.78 is 37.1. The van der Waals surface area contributed by atoms with Crippen LogP contribution in [0, 0.1) is 0 Å². The van der Waals surface area contributed by atoms with Gasteiger partial charge in [-0.05, 0) is 24.9 Å². The zero-order chi connectivity index (χ0) is 20.6. The van der Waals surface area contributed by atoms with Gasteiger partial charge in [0.15, 0.2) is 5.96 Å². The lowest BCUT2D eigenvalue weighted by molar-refractivity contribution is -0.157. The minimum absolute atomic E-state index is 0.159. The van der Waals surface area contributed by atoms with Crippen LogP contribution in [0.1, 0.15) is 18.4 Å². The van der Waals surface area contributed by atoms with E-state index in [2.05, 4.69) is 32.7 Å². The number of guanidine groups is 1. The van der Waals surface area contributed by atoms with Crippen LogP contribution in [0.5, 0.6) is 0 Å². The van der Waals surface area contributed by atoms with Crippen LogP contribution < -0.4 is 10.6 Å². The summed E-state index contributed by atoms with van der Waals surface area (Å²) in [7, 11) is 2.71. The summed E-state index contributed by atoms with van der Waals surface area (Å²) >= 11 is 0. The Morgan fingerprint density at radius 1 is 1.32 bits per heavy atom. The number of nitrogens with zero attached hydrogens (tertiary/aromatic N) is 3. The van der Waals surface area contributed by atoms with Gasteiger partial charge in [0, 0.05) is 33.2 Å². The Morgan fingerprint density at radius 2 is 2.04 bits per heavy atom. The fourth-order valence-electron chi connectivity index (χ4n) is 3.20. The molecule has 2 N–H and O–H groups in total. The number of aliphatic imine (C=N–C) groups is 1. The van der Waals surface area contributed by atoms with E-state index >= 15 is 0 Å². The summed E-state index contributed by atoms with van der Waals surface area (Å²) in [5.41, 5.74) is 1.25. The van der Waals surface area contributed by atoms with Gasteiger partial charge in [0.05, 0.1) is 6.54 Å². The summed E-state index contributed by atoms with van der Waals surface area (Å²) in [6, 6.07) is 10.4. The van der Waals surface area contributed by atoms with Gasteiger partial charge in [-0.3, -0.25) is 14.7 Å². The number of carbonyl (C=O) groups is 1. The van der Waals surface area contributed by atoms with E-state index in [9.17, 15) is 18.0 Å². The first kappa shape index (κ1) is 22.0. The highest BCUT2D eigenvalue weighted by Crippen LogP contribution is 2.15. The number of likely N-dealkylation sites (tertiary alicyclic amines) is 1. The summed E-state index contributed by atoms with van der Waals surface area (Å²) in [4.78, 5) is 18.9. The lowest BCUT2D eigenvalue weighted by Crippen LogP contribution is -2.52. The Bertz CT molecular complexity index is 651. The van der Waals surface area contributed by atoms with Gasteiger partial charge in [0.1, 0.15) is 6.54 Å². The van der Waals surface area contributed by atoms with Crippen LogP contribution in [-0.2, 0) is 11.3 Å². The van der Waals surface area contributed by atoms with Gasteiger partial charge >= 0.3 is 6.18 Å². The van der Waals surface area contributed by atoms with Crippen molar-refractivity contribution in [2.45, 2.75) is 31.6 Å². The number of benzene rings is 1. The normalized spacial score (nSPS) is 18.6. The van der Waals surface area contributed by atoms with Crippen LogP contribution in [0.25, 0.3) is 0 Å². The fraction of sp³-hybridized carbons (Fsp3) is 0.579. The predicted octanol–water partition coefficient (Wildman–Crippen LogP) is 1.84. The lowest BCUT2D eigenvalue weighted by Gasteiger charge is -2.34. The fourth-order valence-corrected chi connectivity index (χ4v) is 3.20. The minimum Gasteiger partial charge on any atom is -0.352 e. The van der Waals surface area contributed by atoms with Crippen LogP contribution >= 0.6 is 0 Å². The molecule has 1 saturated heterocycles. The van der Waals surface area contributed by atoms with Gasteiger partial charge < -0.3 is 15.5 Å². The molecule has 9 heteroatoms. The number of nitrogens with one attached hydrogen (secondary N) is 2. The molecule has 6 nitrogen and oxygen atoms in total. The van der Waals surface area contributed by atoms with E-state index < -0.39 is 18.6 Å². The Labute approximate surface area is 163 Å². The van der Waals surface area contributed by atoms with E-state index in [1.807, 2.05) is 18.2 Å². The number of likely N-dealkylation sites (N-methyl/N-ethyl adjacent to an activating group) is 1. The third kappa shape index (κ3) is 7.75. The first-order valence-electron chi connectivity index (χ1n) is 9.31. The molecule has 0 saturated carbocycles. The summed E-state index contributed by atoms with van der Waals surface area (Å²) in [5, 5.41) is 6.08. The van der Waals surface area contributed by atoms with Crippen molar-refractivity contribution in [2.75, 3.05) is 40.3 Å². The largest absolute Gasteiger partial charge is 0.406 e. The third-order valence-corrected chi connectivity index (χ3v) is 4.57. The number of halogens is 3. The van der Waals surface area contributed by atoms with E-state index in [1.54, 1.807) is 7.05 Å². The van der Waals surface area contributed by atoms with Crippen molar-refractivity contribution in [3.05, 3.63) is 35.9 Å². The molecule has 0 aromatic heterocycles. The highest BCUT2D eigenvalue weighted by atomic mass is 19.4. The van der Waals surface area contributed by atoms with Crippen molar-refractivity contribution in [3.63, 3.8) is 0 Å². The summed E-state index contributed by atoms with van der Waals surface area (Å²) in [6.07, 6.45) is -2.41. The van der Waals surface area contributed by atoms with Gasteiger partial charge in [-0.15, -0.1) is 0 Å². The highest BCUT2D eigenvalue weighted by Gasteiger charge is 2.31. The first-order chi connectivity index (χ1) is 13.3. The number of hydrogen-bond donors (Lipinski definition) is 2. The maximum absolute atomic E-state index is 12.4. The molecule has 0 spiro atoms. The van der Waals surface area contributed by atoms with Gasteiger partial charge in [-0.25, -0.2) is 0 Å². The van der Waals surface area contributed by atoms with Crippen LogP contribution in [-0.4, -0.2) is 74.2 Å². The molecule has 0 aliphatic carbocycles. The van der Waals surface area contributed by atoms with Gasteiger partial charge in [0.2, 0.25) is 5.91 Å². The van der Waals surface area contributed by atoms with Gasteiger partial charge in [-0.1, -0.05) is 30.3 Å². The van der Waals surface area contributed by atoms with Crippen molar-refractivity contribution in [3.8, 4) is 0 Å². The van der Waals surface area contributed by atoms with Gasteiger partial charge in [0.25, 0.3) is 0 Å². The van der Waals surface area contributed by atoms with E-state index in [0.29, 0.717) is 10.9 Å². The Balaban J connectivity index is 1.79. The van der Waals surface area contributed by atoms with Crippen molar-refractivity contribution in [1.29, 1.82) is 0 Å². The molecule has 1 aromatic rings. The first-order valence-corrected chi connectivity index (χ1v) is 9.31. The molecule has 1 fully saturated rings. The zero-order valence-corrected chi connectivity index (χ0v) is 16.3. The number of amides is 1. The Kier molecular flexibility index (Phi) is 8.10. The van der Waals surface area contributed by atoms with E-state index in [1.165, 1.54) is 5.56 Å². The average molecular weight is 399 g/mol. The second kappa shape index (κ2) is 10.3. The lowest BCUT2D eigenvalue weighted by atomic mass is 10.0. The second-order valence-electron chi connectivity index (χ2n) is 6.99. The molecule has 1 heterocycles. The molecule has 1 aliphatic heterocycles. The number of rotatable bonds is 6. The van der Waals surface area contributed by atoms with Crippen molar-refractivity contribution in [2.24, 2.45) is 4.99 Å². The number of alkyl halides is 3. The maximum Gasteiger partial charge on any atom is 0.406 e. The average Bonchev–Trinajstić information content (AvgIpc) is 2.64. The zero-order valence-electron chi connectivity index (χ0n) is 16.3. The molecule has 0 radical (unpaired) electrons.